The van der Waals surface area contributed by atoms with E-state index in [-0.39, 0.29) is 0 Å². The van der Waals surface area contributed by atoms with Crippen molar-refractivity contribution in [2.45, 2.75) is 4.34 Å². The van der Waals surface area contributed by atoms with Gasteiger partial charge < -0.3 is 0 Å². The predicted octanol–water partition coefficient (Wildman–Crippen LogP) is 0.698. The first-order valence-electron chi connectivity index (χ1n) is 1.75. The Morgan fingerprint density at radius 1 is 1.62 bits per heavy atom. The van der Waals surface area contributed by atoms with Crippen molar-refractivity contribution in [3.05, 3.63) is 5.01 Å². The highest BCUT2D eigenvalue weighted by Gasteiger charge is 1.95. The molecule has 1 aromatic rings. The van der Waals surface area contributed by atoms with E-state index in [1.807, 2.05) is 6.07 Å². The molecule has 0 aliphatic carbocycles. The molecular formula is C3HN3S2. The zero-order chi connectivity index (χ0) is 5.98. The van der Waals surface area contributed by atoms with Crippen LogP contribution in [0.2, 0.25) is 0 Å². The standard InChI is InChI=1S/C3HN3S2/c4-1-2-5-6-3(7)8-2/h(H,6,7). The van der Waals surface area contributed by atoms with E-state index >= 15 is 0 Å². The van der Waals surface area contributed by atoms with Crippen molar-refractivity contribution < 1.29 is 0 Å². The summed E-state index contributed by atoms with van der Waals surface area (Å²) in [7, 11) is 0. The van der Waals surface area contributed by atoms with Gasteiger partial charge in [0.2, 0.25) is 5.01 Å². The molecule has 0 saturated heterocycles. The van der Waals surface area contributed by atoms with Gasteiger partial charge in [-0.15, -0.1) is 22.8 Å². The van der Waals surface area contributed by atoms with Crippen LogP contribution in [0.15, 0.2) is 4.34 Å². The number of rotatable bonds is 0. The van der Waals surface area contributed by atoms with E-state index in [1.54, 1.807) is 0 Å². The summed E-state index contributed by atoms with van der Waals surface area (Å²) in [6.07, 6.45) is 0. The van der Waals surface area contributed by atoms with Crippen LogP contribution < -0.4 is 0 Å². The van der Waals surface area contributed by atoms with Crippen LogP contribution in [-0.2, 0) is 0 Å². The number of nitriles is 1. The molecular weight excluding hydrogens is 142 g/mol. The molecule has 0 aromatic carbocycles. The lowest BCUT2D eigenvalue weighted by atomic mass is 10.8. The maximum Gasteiger partial charge on any atom is 0.218 e. The topological polar surface area (TPSA) is 49.6 Å². The molecule has 0 N–H and O–H groups in total. The normalized spacial score (nSPS) is 8.50. The number of aromatic nitrogens is 2. The van der Waals surface area contributed by atoms with Gasteiger partial charge in [0.25, 0.3) is 0 Å². The van der Waals surface area contributed by atoms with E-state index in [2.05, 4.69) is 22.8 Å². The molecule has 0 bridgehead atoms. The van der Waals surface area contributed by atoms with Gasteiger partial charge in [0.15, 0.2) is 4.34 Å². The third-order valence-corrected chi connectivity index (χ3v) is 1.50. The Balaban J connectivity index is 3.05. The number of nitrogens with zero attached hydrogens (tertiary/aromatic N) is 3. The van der Waals surface area contributed by atoms with Gasteiger partial charge in [-0.25, -0.2) is 0 Å². The summed E-state index contributed by atoms with van der Waals surface area (Å²) in [5, 5.41) is 15.5. The van der Waals surface area contributed by atoms with Crippen molar-refractivity contribution in [2.75, 3.05) is 0 Å². The van der Waals surface area contributed by atoms with Crippen LogP contribution in [0, 0.1) is 11.3 Å². The first kappa shape index (κ1) is 5.54. The molecule has 0 fully saturated rings. The fraction of sp³-hybridized carbons (Fsp3) is 0. The highest BCUT2D eigenvalue weighted by molar-refractivity contribution is 7.82. The molecule has 3 nitrogen and oxygen atoms in total. The second kappa shape index (κ2) is 2.11. The molecule has 0 aliphatic rings. The third-order valence-electron chi connectivity index (χ3n) is 0.510. The Kier molecular flexibility index (Phi) is 1.46. The van der Waals surface area contributed by atoms with Crippen molar-refractivity contribution in [1.82, 2.24) is 10.2 Å². The lowest BCUT2D eigenvalue weighted by Gasteiger charge is -1.62. The Labute approximate surface area is 55.4 Å². The van der Waals surface area contributed by atoms with Crippen LogP contribution in [-0.4, -0.2) is 10.2 Å². The van der Waals surface area contributed by atoms with Gasteiger partial charge in [0, 0.05) is 0 Å². The van der Waals surface area contributed by atoms with Gasteiger partial charge in [-0.2, -0.15) is 5.26 Å². The van der Waals surface area contributed by atoms with Crippen molar-refractivity contribution in [2.24, 2.45) is 0 Å². The summed E-state index contributed by atoms with van der Waals surface area (Å²) in [6.45, 7) is 0. The van der Waals surface area contributed by atoms with Gasteiger partial charge in [-0.3, -0.25) is 0 Å². The summed E-state index contributed by atoms with van der Waals surface area (Å²) in [5.74, 6) is 0. The summed E-state index contributed by atoms with van der Waals surface area (Å²) in [4.78, 5) is 0. The van der Waals surface area contributed by atoms with E-state index in [0.29, 0.717) is 9.35 Å². The van der Waals surface area contributed by atoms with Crippen LogP contribution in [0.25, 0.3) is 0 Å². The largest absolute Gasteiger partial charge is 0.218 e. The van der Waals surface area contributed by atoms with E-state index in [0.717, 1.165) is 0 Å². The highest BCUT2D eigenvalue weighted by atomic mass is 32.2. The lowest BCUT2D eigenvalue weighted by Crippen LogP contribution is -1.68. The lowest BCUT2D eigenvalue weighted by molar-refractivity contribution is 1.00. The molecule has 0 saturated carbocycles. The monoisotopic (exact) mass is 143 g/mol. The Hall–Kier alpha value is -0.600. The zero-order valence-corrected chi connectivity index (χ0v) is 5.41. The maximum absolute atomic E-state index is 8.17. The SMILES string of the molecule is N#Cc1nnc(S)s1. The summed E-state index contributed by atoms with van der Waals surface area (Å²) < 4.78 is 0.529. The summed E-state index contributed by atoms with van der Waals surface area (Å²) >= 11 is 5.02. The van der Waals surface area contributed by atoms with Crippen molar-refractivity contribution in [1.29, 1.82) is 5.26 Å². The molecule has 40 valence electrons. The average Bonchev–Trinajstić information content (AvgIpc) is 2.14. The maximum atomic E-state index is 8.17. The van der Waals surface area contributed by atoms with Crippen molar-refractivity contribution in [3.8, 4) is 6.07 Å². The molecule has 0 atom stereocenters. The molecule has 8 heavy (non-hydrogen) atoms. The van der Waals surface area contributed by atoms with Crippen LogP contribution in [0.5, 0.6) is 0 Å². The number of hydrogen-bond donors (Lipinski definition) is 1. The molecule has 5 heteroatoms. The minimum Gasteiger partial charge on any atom is -0.190 e. The number of hydrogen-bond acceptors (Lipinski definition) is 5. The van der Waals surface area contributed by atoms with Gasteiger partial charge in [-0.1, -0.05) is 11.3 Å². The first-order valence-corrected chi connectivity index (χ1v) is 3.02. The van der Waals surface area contributed by atoms with Crippen LogP contribution in [0.1, 0.15) is 5.01 Å². The van der Waals surface area contributed by atoms with E-state index in [1.165, 1.54) is 11.3 Å². The molecule has 0 aliphatic heterocycles. The van der Waals surface area contributed by atoms with Crippen LogP contribution in [0.4, 0.5) is 0 Å². The molecule has 0 unspecified atom stereocenters. The van der Waals surface area contributed by atoms with E-state index in [4.69, 9.17) is 5.26 Å². The smallest absolute Gasteiger partial charge is 0.190 e. The van der Waals surface area contributed by atoms with Crippen molar-refractivity contribution >= 4 is 24.0 Å². The Morgan fingerprint density at radius 3 is 2.62 bits per heavy atom. The Morgan fingerprint density at radius 2 is 2.38 bits per heavy atom. The molecule has 1 heterocycles. The summed E-state index contributed by atoms with van der Waals surface area (Å²) in [5.41, 5.74) is 0. The quantitative estimate of drug-likeness (QED) is 0.544. The van der Waals surface area contributed by atoms with E-state index in [9.17, 15) is 0 Å². The molecule has 0 radical (unpaired) electrons. The van der Waals surface area contributed by atoms with Gasteiger partial charge in [0.05, 0.1) is 0 Å². The fourth-order valence-electron chi connectivity index (χ4n) is 0.261. The average molecular weight is 143 g/mol. The minimum atomic E-state index is 0.356. The molecule has 0 spiro atoms. The highest BCUT2D eigenvalue weighted by Crippen LogP contribution is 2.10. The van der Waals surface area contributed by atoms with Gasteiger partial charge >= 0.3 is 0 Å². The van der Waals surface area contributed by atoms with Gasteiger partial charge in [0.1, 0.15) is 6.07 Å². The van der Waals surface area contributed by atoms with Crippen LogP contribution in [0.3, 0.4) is 0 Å². The fourth-order valence-corrected chi connectivity index (χ4v) is 0.947. The minimum absolute atomic E-state index is 0.356. The summed E-state index contributed by atoms with van der Waals surface area (Å²) in [6, 6.07) is 1.84. The predicted molar refractivity (Wildman–Crippen MR) is 31.9 cm³/mol. The second-order valence-electron chi connectivity index (χ2n) is 1.00. The van der Waals surface area contributed by atoms with Crippen molar-refractivity contribution in [3.63, 3.8) is 0 Å². The Bertz CT molecular complexity index is 223. The first-order chi connectivity index (χ1) is 3.83. The molecule has 0 amide bonds. The van der Waals surface area contributed by atoms with Gasteiger partial charge in [-0.05, 0) is 0 Å². The third kappa shape index (κ3) is 0.967. The molecule has 1 rings (SSSR count). The molecule has 1 aromatic heterocycles. The van der Waals surface area contributed by atoms with E-state index < -0.39 is 0 Å². The zero-order valence-electron chi connectivity index (χ0n) is 3.70. The van der Waals surface area contributed by atoms with Crippen LogP contribution >= 0.6 is 24.0 Å². The second-order valence-corrected chi connectivity index (χ2v) is 2.71. The number of thiol groups is 1.